The maximum absolute atomic E-state index is 14.8. The third kappa shape index (κ3) is 8.67. The molecule has 4 aromatic rings. The lowest BCUT2D eigenvalue weighted by atomic mass is 9.65. The summed E-state index contributed by atoms with van der Waals surface area (Å²) in [6, 6.07) is 25.6. The van der Waals surface area contributed by atoms with Gasteiger partial charge in [0.1, 0.15) is 25.3 Å². The van der Waals surface area contributed by atoms with Crippen LogP contribution in [0.15, 0.2) is 108 Å². The zero-order valence-corrected chi connectivity index (χ0v) is 41.7. The maximum atomic E-state index is 14.8. The number of methoxy groups -OCH3 is 2. The first-order valence-electron chi connectivity index (χ1n) is 24.2. The third-order valence-electron chi connectivity index (χ3n) is 15.0. The van der Waals surface area contributed by atoms with Gasteiger partial charge in [-0.15, -0.1) is 0 Å². The Morgan fingerprint density at radius 1 is 0.944 bits per heavy atom. The zero-order valence-electron chi connectivity index (χ0n) is 40.9. The van der Waals surface area contributed by atoms with Gasteiger partial charge in [-0.25, -0.2) is 9.59 Å². The minimum atomic E-state index is -2.16. The molecule has 3 saturated heterocycles. The Hall–Kier alpha value is -6.39. The van der Waals surface area contributed by atoms with Gasteiger partial charge in [-0.05, 0) is 66.3 Å². The highest BCUT2D eigenvalue weighted by Gasteiger charge is 2.64. The highest BCUT2D eigenvalue weighted by Crippen LogP contribution is 2.57. The Labute approximate surface area is 422 Å². The predicted molar refractivity (Wildman–Crippen MR) is 265 cm³/mol. The first kappa shape index (κ1) is 49.2. The number of nitriles is 1. The van der Waals surface area contributed by atoms with E-state index in [9.17, 15) is 24.8 Å². The number of benzene rings is 4. The molecule has 376 valence electrons. The number of nitrogens with one attached hydrogen (secondary N) is 1. The van der Waals surface area contributed by atoms with Gasteiger partial charge in [0.15, 0.2) is 41.2 Å². The van der Waals surface area contributed by atoms with Gasteiger partial charge in [-0.2, -0.15) is 17.0 Å². The van der Waals surface area contributed by atoms with Crippen molar-refractivity contribution in [3.63, 3.8) is 0 Å². The molecule has 4 heterocycles. The van der Waals surface area contributed by atoms with Crippen LogP contribution in [0.25, 0.3) is 11.1 Å². The van der Waals surface area contributed by atoms with E-state index in [1.54, 1.807) is 21.1 Å². The summed E-state index contributed by atoms with van der Waals surface area (Å²) in [5, 5.41) is 27.2. The second-order valence-corrected chi connectivity index (χ2v) is 20.0. The number of carbonyl (C=O) groups is 3. The Balaban J connectivity index is 0.991. The van der Waals surface area contributed by atoms with Gasteiger partial charge in [0.2, 0.25) is 6.79 Å². The summed E-state index contributed by atoms with van der Waals surface area (Å²) in [5.41, 5.74) is 6.20. The number of alkyl carbamates (subject to hydrolysis) is 1. The molecular formula is C55H58N4O12S. The lowest BCUT2D eigenvalue weighted by Gasteiger charge is -2.62. The average molecular weight is 999 g/mol. The molecule has 10 rings (SSSR count). The van der Waals surface area contributed by atoms with Crippen molar-refractivity contribution in [3.8, 4) is 28.7 Å². The third-order valence-corrected chi connectivity index (χ3v) is 16.1. The van der Waals surface area contributed by atoms with E-state index in [0.717, 1.165) is 22.3 Å². The van der Waals surface area contributed by atoms with Crippen molar-refractivity contribution in [2.45, 2.75) is 81.1 Å². The van der Waals surface area contributed by atoms with Crippen LogP contribution in [0.5, 0.6) is 11.5 Å². The smallest absolute Gasteiger partial charge is 0.408 e. The van der Waals surface area contributed by atoms with Crippen molar-refractivity contribution >= 4 is 29.6 Å². The molecule has 17 heteroatoms. The minimum Gasteiger partial charge on any atom is -0.493 e. The molecule has 2 N–H and O–H groups in total. The number of amides is 1. The Kier molecular flexibility index (Phi) is 14.1. The maximum Gasteiger partial charge on any atom is 0.408 e. The molecule has 4 aromatic carbocycles. The van der Waals surface area contributed by atoms with Gasteiger partial charge in [-0.3, -0.25) is 14.6 Å². The van der Waals surface area contributed by atoms with E-state index in [0.29, 0.717) is 36.9 Å². The molecule has 2 unspecified atom stereocenters. The van der Waals surface area contributed by atoms with Crippen LogP contribution in [-0.4, -0.2) is 135 Å². The number of hydrogen-bond donors (Lipinski definition) is 2. The average Bonchev–Trinajstić information content (AvgIpc) is 4.00. The van der Waals surface area contributed by atoms with Crippen LogP contribution in [0.3, 0.4) is 0 Å². The van der Waals surface area contributed by atoms with Crippen molar-refractivity contribution < 1.29 is 57.4 Å². The first-order chi connectivity index (χ1) is 35.0. The molecule has 16 nitrogen and oxygen atoms in total. The topological polar surface area (TPSA) is 188 Å². The molecule has 2 bridgehead atoms. The molecule has 1 amide bonds. The Bertz CT molecular complexity index is 2820. The van der Waals surface area contributed by atoms with Crippen LogP contribution < -0.4 is 14.8 Å². The molecule has 4 aliphatic heterocycles. The molecule has 7 atom stereocenters. The SMILES string of the molecule is COCCOCOc1c(OC)c(C)cc2c1[C@@H]1C3CC4(O)C(=O)C(C)=C5OCOC5=C4[C@H](COC(=O)[C@@H](CSCC4c5ccccc5-c5ccccc54)NC(=O)OCc4ccccc4)N3[C@@H](C#N)[C@H](C2)N1C. The normalized spacial score (nSPS) is 24.3. The summed E-state index contributed by atoms with van der Waals surface area (Å²) in [5.74, 6) is 0.747. The van der Waals surface area contributed by atoms with E-state index in [4.69, 9.17) is 37.9 Å². The van der Waals surface area contributed by atoms with Gasteiger partial charge in [-0.1, -0.05) is 84.9 Å². The molecule has 0 aromatic heterocycles. The fourth-order valence-corrected chi connectivity index (χ4v) is 13.0. The van der Waals surface area contributed by atoms with Gasteiger partial charge in [0.25, 0.3) is 0 Å². The second kappa shape index (κ2) is 20.6. The summed E-state index contributed by atoms with van der Waals surface area (Å²) in [7, 11) is 5.09. The zero-order chi connectivity index (χ0) is 50.3. The second-order valence-electron chi connectivity index (χ2n) is 18.9. The number of ether oxygens (including phenoxy) is 8. The fraction of sp³-hybridized carbons (Fsp3) is 0.418. The van der Waals surface area contributed by atoms with E-state index in [1.165, 1.54) is 34.0 Å². The molecule has 72 heavy (non-hydrogen) atoms. The van der Waals surface area contributed by atoms with E-state index >= 15 is 0 Å². The number of nitrogens with zero attached hydrogens (tertiary/aromatic N) is 3. The molecule has 6 aliphatic rings. The largest absolute Gasteiger partial charge is 0.493 e. The first-order valence-corrected chi connectivity index (χ1v) is 25.3. The quantitative estimate of drug-likeness (QED) is 0.0664. The summed E-state index contributed by atoms with van der Waals surface area (Å²) in [4.78, 5) is 47.2. The van der Waals surface area contributed by atoms with Crippen molar-refractivity contribution in [2.24, 2.45) is 0 Å². The van der Waals surface area contributed by atoms with Crippen LogP contribution in [0.1, 0.15) is 58.7 Å². The summed E-state index contributed by atoms with van der Waals surface area (Å²) in [6.07, 6.45) is -0.521. The standard InChI is InChI=1S/C55H58N4O12S/c1-31-21-34-22-41-43(24-56)59-42(47(58(41)3)45(34)50(48(31)65-5)69-29-66-20-19-64-4)23-55(63)46(51-49(70-30-71-51)32(2)52(55)60)44(59)26-67-53(61)40(57-54(62)68-25-33-13-7-6-8-14-33)28-72-27-39-37-17-11-9-15-35(37)36-16-10-12-18-38(36)39/h6-18,21,39-44,47,63H,19-20,22-23,25-30H2,1-5H3,(H,57,62)/t40-,41+,42?,43+,44+,47+,55?/m1/s1. The number of aryl methyl sites for hydroxylation is 1. The Morgan fingerprint density at radius 3 is 2.36 bits per heavy atom. The van der Waals surface area contributed by atoms with Gasteiger partial charge < -0.3 is 48.3 Å². The number of aliphatic hydroxyl groups is 1. The predicted octanol–water partition coefficient (Wildman–Crippen LogP) is 6.48. The van der Waals surface area contributed by atoms with Gasteiger partial charge in [0, 0.05) is 59.7 Å². The van der Waals surface area contributed by atoms with E-state index in [1.807, 2.05) is 79.5 Å². The summed E-state index contributed by atoms with van der Waals surface area (Å²) < 4.78 is 47.3. The van der Waals surface area contributed by atoms with E-state index < -0.39 is 66.3 Å². The van der Waals surface area contributed by atoms with E-state index in [-0.39, 0.29) is 60.9 Å². The van der Waals surface area contributed by atoms with Gasteiger partial charge >= 0.3 is 12.1 Å². The number of fused-ring (bicyclic) bond motifs is 11. The summed E-state index contributed by atoms with van der Waals surface area (Å²) in [6.45, 7) is 3.42. The lowest BCUT2D eigenvalue weighted by Crippen LogP contribution is -2.74. The van der Waals surface area contributed by atoms with Crippen molar-refractivity contribution in [1.82, 2.24) is 15.1 Å². The van der Waals surface area contributed by atoms with E-state index in [2.05, 4.69) is 40.6 Å². The molecule has 0 radical (unpaired) electrons. The minimum absolute atomic E-state index is 0.0228. The lowest BCUT2D eigenvalue weighted by molar-refractivity contribution is -0.159. The number of piperazine rings is 1. The number of ketones is 1. The number of likely N-dealkylation sites (N-methyl/N-ethyl adjacent to an activating group) is 1. The number of esters is 1. The van der Waals surface area contributed by atoms with Crippen LogP contribution in [0.2, 0.25) is 0 Å². The fourth-order valence-electron chi connectivity index (χ4n) is 11.8. The van der Waals surface area contributed by atoms with Crippen molar-refractivity contribution in [2.75, 3.05) is 66.2 Å². The number of rotatable bonds is 17. The number of hydrogen-bond acceptors (Lipinski definition) is 16. The molecule has 0 spiro atoms. The monoisotopic (exact) mass is 998 g/mol. The highest BCUT2D eigenvalue weighted by molar-refractivity contribution is 7.99. The number of thioether (sulfide) groups is 1. The highest BCUT2D eigenvalue weighted by atomic mass is 32.2. The van der Waals surface area contributed by atoms with Crippen LogP contribution in [0, 0.1) is 18.3 Å². The van der Waals surface area contributed by atoms with Crippen LogP contribution in [0.4, 0.5) is 4.79 Å². The number of piperidine rings is 1. The van der Waals surface area contributed by atoms with Crippen LogP contribution >= 0.6 is 11.8 Å². The molecule has 3 fully saturated rings. The summed E-state index contributed by atoms with van der Waals surface area (Å²) >= 11 is 1.50. The van der Waals surface area contributed by atoms with Gasteiger partial charge in [0.05, 0.1) is 38.5 Å². The number of Topliss-reactive ketones (excluding diaryl/α,β-unsaturated/α-hetero) is 1. The molecule has 2 aliphatic carbocycles. The Morgan fingerprint density at radius 2 is 1.65 bits per heavy atom. The number of carbonyl (C=O) groups excluding carboxylic acids is 3. The van der Waals surface area contributed by atoms with Crippen molar-refractivity contribution in [3.05, 3.63) is 141 Å². The molecular weight excluding hydrogens is 941 g/mol. The molecule has 0 saturated carbocycles. The van der Waals surface area contributed by atoms with Crippen molar-refractivity contribution in [1.29, 1.82) is 5.26 Å². The van der Waals surface area contributed by atoms with Crippen LogP contribution in [-0.2, 0) is 51.0 Å².